The molecule has 8 aromatic rings. The Labute approximate surface area is 400 Å². The monoisotopic (exact) mass is 871 g/mol. The second kappa shape index (κ2) is 15.5. The molecule has 0 spiro atoms. The first kappa shape index (κ1) is 43.0. The van der Waals surface area contributed by atoms with E-state index >= 15 is 0 Å². The van der Waals surface area contributed by atoms with E-state index in [0.717, 1.165) is 18.5 Å². The van der Waals surface area contributed by atoms with Gasteiger partial charge in [-0.25, -0.2) is 0 Å². The van der Waals surface area contributed by atoms with Gasteiger partial charge in [0, 0.05) is 34.0 Å². The van der Waals surface area contributed by atoms with Crippen LogP contribution in [0.4, 0.5) is 34.1 Å². The molecule has 8 aromatic carbocycles. The molecule has 2 aliphatic heterocycles. The zero-order valence-corrected chi connectivity index (χ0v) is 41.1. The number of fused-ring (bicyclic) bond motifs is 5. The zero-order valence-electron chi connectivity index (χ0n) is 41.1. The van der Waals surface area contributed by atoms with Gasteiger partial charge in [-0.3, -0.25) is 0 Å². The number of rotatable bonds is 5. The maximum atomic E-state index is 2.69. The molecular formula is C64H63BN2. The van der Waals surface area contributed by atoms with E-state index < -0.39 is 0 Å². The van der Waals surface area contributed by atoms with Crippen molar-refractivity contribution in [1.82, 2.24) is 0 Å². The van der Waals surface area contributed by atoms with Crippen LogP contribution in [0.1, 0.15) is 104 Å². The van der Waals surface area contributed by atoms with Crippen molar-refractivity contribution in [1.29, 1.82) is 0 Å². The largest absolute Gasteiger partial charge is 0.311 e. The summed E-state index contributed by atoms with van der Waals surface area (Å²) >= 11 is 0. The highest BCUT2D eigenvalue weighted by atomic mass is 15.2. The lowest BCUT2D eigenvalue weighted by molar-refractivity contribution is 0.332. The lowest BCUT2D eigenvalue weighted by Crippen LogP contribution is -2.62. The van der Waals surface area contributed by atoms with E-state index in [-0.39, 0.29) is 28.4 Å². The SMILES string of the molecule is CC(C)(C)c1ccc(N2c3cc4c(cc3B3c5ccc(-c6ccccc6)cc5N(c5cccc(-c6ccccc6)c5)c5cc(C(C)(C)C)cc2c53)C(C)(C)CCC4(C)C)c(-c2ccccc2)c1. The normalized spacial score (nSPS) is 15.6. The number of benzene rings is 8. The first-order valence-electron chi connectivity index (χ1n) is 24.5. The van der Waals surface area contributed by atoms with Crippen LogP contribution in [0, 0.1) is 0 Å². The van der Waals surface area contributed by atoms with Crippen LogP contribution in [-0.4, -0.2) is 6.71 Å². The molecule has 3 heteroatoms. The zero-order chi connectivity index (χ0) is 46.6. The van der Waals surface area contributed by atoms with E-state index in [2.05, 4.69) is 255 Å². The Bertz CT molecular complexity index is 3200. The second-order valence-electron chi connectivity index (χ2n) is 22.9. The molecule has 0 amide bonds. The molecule has 1 aliphatic carbocycles. The van der Waals surface area contributed by atoms with Crippen molar-refractivity contribution in [2.45, 2.75) is 104 Å². The topological polar surface area (TPSA) is 6.48 Å². The minimum Gasteiger partial charge on any atom is -0.311 e. The summed E-state index contributed by atoms with van der Waals surface area (Å²) in [6.07, 6.45) is 2.31. The molecular weight excluding hydrogens is 808 g/mol. The van der Waals surface area contributed by atoms with Gasteiger partial charge in [-0.2, -0.15) is 0 Å². The lowest BCUT2D eigenvalue weighted by atomic mass is 9.33. The fraction of sp³-hybridized carbons (Fsp3) is 0.250. The van der Waals surface area contributed by atoms with Crippen LogP contribution < -0.4 is 26.2 Å². The van der Waals surface area contributed by atoms with Crippen molar-refractivity contribution in [2.75, 3.05) is 9.80 Å². The quantitative estimate of drug-likeness (QED) is 0.159. The minimum absolute atomic E-state index is 0.00110. The molecule has 0 bridgehead atoms. The van der Waals surface area contributed by atoms with E-state index in [1.54, 1.807) is 0 Å². The molecule has 0 unspecified atom stereocenters. The Morgan fingerprint density at radius 1 is 0.388 bits per heavy atom. The molecule has 0 saturated carbocycles. The van der Waals surface area contributed by atoms with Crippen molar-refractivity contribution in [3.05, 3.63) is 198 Å². The van der Waals surface area contributed by atoms with Gasteiger partial charge in [0.1, 0.15) is 0 Å². The van der Waals surface area contributed by atoms with Gasteiger partial charge in [0.05, 0.1) is 5.69 Å². The standard InChI is InChI=1S/C64H63BN2/c1-61(2,3)47-30-32-55(50(37-47)44-25-18-13-19-26-44)67-57-41-52-51(63(7,8)33-34-64(52,9)10)40-54(57)65-53-31-29-46(43-23-16-12-17-24-43)36-56(53)66(58-38-48(62(4,5)6)39-59(67)60(58)65)49-28-20-27-45(35-49)42-21-14-11-15-22-42/h11-32,35-41H,33-34H2,1-10H3. The van der Waals surface area contributed by atoms with Crippen molar-refractivity contribution in [2.24, 2.45) is 0 Å². The predicted molar refractivity (Wildman–Crippen MR) is 289 cm³/mol. The Morgan fingerprint density at radius 3 is 1.51 bits per heavy atom. The van der Waals surface area contributed by atoms with E-state index in [0.29, 0.717) is 0 Å². The molecule has 0 N–H and O–H groups in total. The van der Waals surface area contributed by atoms with Gasteiger partial charge >= 0.3 is 0 Å². The van der Waals surface area contributed by atoms with Crippen LogP contribution in [0.25, 0.3) is 33.4 Å². The molecule has 0 aromatic heterocycles. The maximum absolute atomic E-state index is 2.69. The van der Waals surface area contributed by atoms with Crippen molar-refractivity contribution in [3.63, 3.8) is 0 Å². The van der Waals surface area contributed by atoms with Crippen molar-refractivity contribution < 1.29 is 0 Å². The minimum atomic E-state index is -0.142. The van der Waals surface area contributed by atoms with Gasteiger partial charge in [0.25, 0.3) is 6.71 Å². The van der Waals surface area contributed by atoms with Crippen molar-refractivity contribution >= 4 is 57.2 Å². The molecule has 11 rings (SSSR count). The smallest absolute Gasteiger partial charge is 0.252 e. The highest BCUT2D eigenvalue weighted by molar-refractivity contribution is 7.00. The third-order valence-electron chi connectivity index (χ3n) is 15.4. The fourth-order valence-corrected chi connectivity index (χ4v) is 11.3. The van der Waals surface area contributed by atoms with Gasteiger partial charge in [0.2, 0.25) is 0 Å². The number of hydrogen-bond donors (Lipinski definition) is 0. The maximum Gasteiger partial charge on any atom is 0.252 e. The molecule has 0 fully saturated rings. The van der Waals surface area contributed by atoms with Crippen LogP contribution in [0.5, 0.6) is 0 Å². The van der Waals surface area contributed by atoms with Gasteiger partial charge in [-0.05, 0) is 149 Å². The Morgan fingerprint density at radius 2 is 0.910 bits per heavy atom. The summed E-state index contributed by atoms with van der Waals surface area (Å²) in [4.78, 5) is 5.29. The Balaban J connectivity index is 1.29. The van der Waals surface area contributed by atoms with Gasteiger partial charge in [-0.1, -0.05) is 197 Å². The number of anilines is 6. The third kappa shape index (κ3) is 7.25. The van der Waals surface area contributed by atoms with Gasteiger partial charge in [-0.15, -0.1) is 0 Å². The molecule has 2 heterocycles. The summed E-state index contributed by atoms with van der Waals surface area (Å²) in [5, 5.41) is 0. The average molecular weight is 871 g/mol. The summed E-state index contributed by atoms with van der Waals surface area (Å²) in [6.45, 7) is 24.0. The van der Waals surface area contributed by atoms with Crippen LogP contribution in [0.15, 0.2) is 176 Å². The van der Waals surface area contributed by atoms with Gasteiger partial charge < -0.3 is 9.80 Å². The highest BCUT2D eigenvalue weighted by Gasteiger charge is 2.47. The molecule has 2 nitrogen and oxygen atoms in total. The van der Waals surface area contributed by atoms with Gasteiger partial charge in [0.15, 0.2) is 0 Å². The molecule has 67 heavy (non-hydrogen) atoms. The Hall–Kier alpha value is -6.58. The average Bonchev–Trinajstić information content (AvgIpc) is 3.32. The number of nitrogens with zero attached hydrogens (tertiary/aromatic N) is 2. The summed E-state index contributed by atoms with van der Waals surface area (Å²) in [5.41, 5.74) is 24.3. The fourth-order valence-electron chi connectivity index (χ4n) is 11.3. The van der Waals surface area contributed by atoms with Crippen LogP contribution in [0.3, 0.4) is 0 Å². The summed E-state index contributed by atoms with van der Waals surface area (Å²) < 4.78 is 0. The lowest BCUT2D eigenvalue weighted by Gasteiger charge is -2.48. The van der Waals surface area contributed by atoms with Crippen LogP contribution in [0.2, 0.25) is 0 Å². The summed E-state index contributed by atoms with van der Waals surface area (Å²) in [7, 11) is 0. The summed E-state index contributed by atoms with van der Waals surface area (Å²) in [6, 6.07) is 67.1. The molecule has 0 saturated heterocycles. The first-order valence-corrected chi connectivity index (χ1v) is 24.5. The van der Waals surface area contributed by atoms with E-state index in [4.69, 9.17) is 0 Å². The number of hydrogen-bond acceptors (Lipinski definition) is 2. The van der Waals surface area contributed by atoms with Crippen LogP contribution >= 0.6 is 0 Å². The molecule has 3 aliphatic rings. The predicted octanol–water partition coefficient (Wildman–Crippen LogP) is 15.7. The third-order valence-corrected chi connectivity index (χ3v) is 15.4. The van der Waals surface area contributed by atoms with E-state index in [9.17, 15) is 0 Å². The van der Waals surface area contributed by atoms with Crippen molar-refractivity contribution in [3.8, 4) is 33.4 Å². The highest BCUT2D eigenvalue weighted by Crippen LogP contribution is 2.53. The van der Waals surface area contributed by atoms with E-state index in [1.165, 1.54) is 100 Å². The second-order valence-corrected chi connectivity index (χ2v) is 22.9. The molecule has 0 radical (unpaired) electrons. The molecule has 0 atom stereocenters. The van der Waals surface area contributed by atoms with E-state index in [1.807, 2.05) is 0 Å². The molecule has 332 valence electrons. The van der Waals surface area contributed by atoms with Crippen LogP contribution in [-0.2, 0) is 21.7 Å². The Kier molecular flexibility index (Phi) is 9.95. The summed E-state index contributed by atoms with van der Waals surface area (Å²) in [5.74, 6) is 0. The first-order chi connectivity index (χ1) is 32.0.